The van der Waals surface area contributed by atoms with Gasteiger partial charge in [0.1, 0.15) is 12.1 Å². The Kier molecular flexibility index (Phi) is 7.54. The Balaban J connectivity index is 2.62. The van der Waals surface area contributed by atoms with Gasteiger partial charge in [0.15, 0.2) is 0 Å². The fraction of sp³-hybridized carbons (Fsp3) is 0.375. The molecule has 0 radical (unpaired) electrons. The van der Waals surface area contributed by atoms with Crippen LogP contribution in [0.3, 0.4) is 0 Å². The number of nitrogens with one attached hydrogen (secondary N) is 2. The summed E-state index contributed by atoms with van der Waals surface area (Å²) in [7, 11) is 0. The minimum atomic E-state index is -1.30. The number of rotatable bonds is 9. The van der Waals surface area contributed by atoms with Gasteiger partial charge in [-0.15, -0.1) is 0 Å². The number of hydrogen-bond donors (Lipinski definition) is 5. The Morgan fingerprint density at radius 1 is 1.04 bits per heavy atom. The molecule has 0 fully saturated rings. The summed E-state index contributed by atoms with van der Waals surface area (Å²) in [5, 5.41) is 22.4. The van der Waals surface area contributed by atoms with Crippen LogP contribution in [0.15, 0.2) is 30.3 Å². The van der Waals surface area contributed by atoms with E-state index in [9.17, 15) is 24.3 Å². The fourth-order valence-corrected chi connectivity index (χ4v) is 2.01. The summed E-state index contributed by atoms with van der Waals surface area (Å²) in [5.74, 6) is -3.97. The topological polar surface area (TPSA) is 159 Å². The second-order valence-electron chi connectivity index (χ2n) is 5.52. The monoisotopic (exact) mass is 351 g/mol. The molecule has 6 N–H and O–H groups in total. The molecule has 0 aliphatic rings. The molecule has 1 aromatic carbocycles. The summed E-state index contributed by atoms with van der Waals surface area (Å²) >= 11 is 0. The van der Waals surface area contributed by atoms with E-state index in [-0.39, 0.29) is 6.42 Å². The van der Waals surface area contributed by atoms with Crippen LogP contribution in [0.25, 0.3) is 0 Å². The van der Waals surface area contributed by atoms with E-state index in [4.69, 9.17) is 10.8 Å². The first kappa shape index (κ1) is 20.1. The van der Waals surface area contributed by atoms with E-state index in [1.165, 1.54) is 6.92 Å². The van der Waals surface area contributed by atoms with Gasteiger partial charge in [-0.05, 0) is 12.5 Å². The maximum atomic E-state index is 12.1. The smallest absolute Gasteiger partial charge is 0.326 e. The van der Waals surface area contributed by atoms with Crippen LogP contribution >= 0.6 is 0 Å². The minimum absolute atomic E-state index is 0.0844. The van der Waals surface area contributed by atoms with Gasteiger partial charge in [-0.2, -0.15) is 0 Å². The van der Waals surface area contributed by atoms with Gasteiger partial charge in [-0.1, -0.05) is 30.3 Å². The van der Waals surface area contributed by atoms with Crippen LogP contribution in [0, 0.1) is 0 Å². The second-order valence-corrected chi connectivity index (χ2v) is 5.52. The van der Waals surface area contributed by atoms with Crippen molar-refractivity contribution >= 4 is 23.8 Å². The Hall–Kier alpha value is -2.94. The molecule has 25 heavy (non-hydrogen) atoms. The molecule has 1 rings (SSSR count). The Bertz CT molecular complexity index is 634. The lowest BCUT2D eigenvalue weighted by Crippen LogP contribution is -2.53. The maximum absolute atomic E-state index is 12.1. The third-order valence-corrected chi connectivity index (χ3v) is 3.38. The minimum Gasteiger partial charge on any atom is -0.481 e. The molecule has 136 valence electrons. The largest absolute Gasteiger partial charge is 0.481 e. The number of carboxylic acids is 2. The van der Waals surface area contributed by atoms with Crippen molar-refractivity contribution in [1.29, 1.82) is 0 Å². The van der Waals surface area contributed by atoms with E-state index < -0.39 is 48.3 Å². The van der Waals surface area contributed by atoms with Crippen molar-refractivity contribution in [2.75, 3.05) is 0 Å². The molecule has 0 saturated carbocycles. The standard InChI is InChI=1S/C16H21N3O6/c1-9(18-15(23)11(17)8-13(20)21)14(22)19-12(16(24)25)7-10-5-3-2-4-6-10/h2-6,9,11-12H,7-8,17H2,1H3,(H,18,23)(H,19,22)(H,20,21)(H,24,25). The highest BCUT2D eigenvalue weighted by molar-refractivity contribution is 5.92. The summed E-state index contributed by atoms with van der Waals surface area (Å²) in [5.41, 5.74) is 6.13. The Morgan fingerprint density at radius 3 is 2.16 bits per heavy atom. The third kappa shape index (κ3) is 7.00. The van der Waals surface area contributed by atoms with E-state index in [0.717, 1.165) is 5.56 Å². The molecule has 9 nitrogen and oxygen atoms in total. The van der Waals surface area contributed by atoms with Gasteiger partial charge in [-0.3, -0.25) is 14.4 Å². The third-order valence-electron chi connectivity index (χ3n) is 3.38. The van der Waals surface area contributed by atoms with E-state index in [0.29, 0.717) is 0 Å². The maximum Gasteiger partial charge on any atom is 0.326 e. The van der Waals surface area contributed by atoms with Gasteiger partial charge in [0, 0.05) is 6.42 Å². The molecule has 2 amide bonds. The van der Waals surface area contributed by atoms with Crippen molar-refractivity contribution in [1.82, 2.24) is 10.6 Å². The predicted octanol–water partition coefficient (Wildman–Crippen LogP) is -0.895. The molecule has 9 heteroatoms. The van der Waals surface area contributed by atoms with Gasteiger partial charge in [-0.25, -0.2) is 4.79 Å². The number of carboxylic acid groups (broad SMARTS) is 2. The normalized spacial score (nSPS) is 14.0. The quantitative estimate of drug-likeness (QED) is 0.386. The first-order valence-electron chi connectivity index (χ1n) is 7.55. The number of aliphatic carboxylic acids is 2. The van der Waals surface area contributed by atoms with E-state index in [1.807, 2.05) is 0 Å². The lowest BCUT2D eigenvalue weighted by atomic mass is 10.1. The zero-order chi connectivity index (χ0) is 19.0. The lowest BCUT2D eigenvalue weighted by Gasteiger charge is -2.20. The van der Waals surface area contributed by atoms with E-state index >= 15 is 0 Å². The molecule has 0 heterocycles. The fourth-order valence-electron chi connectivity index (χ4n) is 2.01. The molecule has 3 atom stereocenters. The van der Waals surface area contributed by atoms with Gasteiger partial charge in [0.05, 0.1) is 12.5 Å². The van der Waals surface area contributed by atoms with Gasteiger partial charge >= 0.3 is 11.9 Å². The lowest BCUT2D eigenvalue weighted by molar-refractivity contribution is -0.142. The molecular weight excluding hydrogens is 330 g/mol. The Labute approximate surface area is 144 Å². The van der Waals surface area contributed by atoms with Crippen molar-refractivity contribution in [2.24, 2.45) is 5.73 Å². The van der Waals surface area contributed by atoms with E-state index in [1.54, 1.807) is 30.3 Å². The van der Waals surface area contributed by atoms with Gasteiger partial charge < -0.3 is 26.6 Å². The van der Waals surface area contributed by atoms with Crippen LogP contribution in [0.4, 0.5) is 0 Å². The molecule has 3 unspecified atom stereocenters. The molecule has 0 aliphatic heterocycles. The number of benzene rings is 1. The number of hydrogen-bond acceptors (Lipinski definition) is 5. The zero-order valence-electron chi connectivity index (χ0n) is 13.6. The summed E-state index contributed by atoms with van der Waals surface area (Å²) < 4.78 is 0. The van der Waals surface area contributed by atoms with Gasteiger partial charge in [0.2, 0.25) is 11.8 Å². The van der Waals surface area contributed by atoms with Crippen molar-refractivity contribution < 1.29 is 29.4 Å². The molecule has 0 spiro atoms. The highest BCUT2D eigenvalue weighted by atomic mass is 16.4. The van der Waals surface area contributed by atoms with Crippen molar-refractivity contribution in [3.8, 4) is 0 Å². The summed E-state index contributed by atoms with van der Waals surface area (Å²) in [6.45, 7) is 1.35. The second kappa shape index (κ2) is 9.38. The highest BCUT2D eigenvalue weighted by Gasteiger charge is 2.26. The average molecular weight is 351 g/mol. The summed E-state index contributed by atoms with van der Waals surface area (Å²) in [4.78, 5) is 45.6. The number of amides is 2. The van der Waals surface area contributed by atoms with Crippen molar-refractivity contribution in [3.63, 3.8) is 0 Å². The van der Waals surface area contributed by atoms with Gasteiger partial charge in [0.25, 0.3) is 0 Å². The first-order chi connectivity index (χ1) is 11.7. The van der Waals surface area contributed by atoms with Crippen LogP contribution in [0.1, 0.15) is 18.9 Å². The van der Waals surface area contributed by atoms with E-state index in [2.05, 4.69) is 10.6 Å². The van der Waals surface area contributed by atoms with Crippen LogP contribution in [-0.4, -0.2) is 52.1 Å². The number of carbonyl (C=O) groups is 4. The van der Waals surface area contributed by atoms with Crippen molar-refractivity contribution in [2.45, 2.75) is 37.9 Å². The molecule has 0 aromatic heterocycles. The molecular formula is C16H21N3O6. The zero-order valence-corrected chi connectivity index (χ0v) is 13.6. The molecule has 0 bridgehead atoms. The SMILES string of the molecule is CC(NC(=O)C(N)CC(=O)O)C(=O)NC(Cc1ccccc1)C(=O)O. The summed E-state index contributed by atoms with van der Waals surface area (Å²) in [6, 6.07) is 5.23. The average Bonchev–Trinajstić information content (AvgIpc) is 2.54. The van der Waals surface area contributed by atoms with Crippen LogP contribution in [-0.2, 0) is 25.6 Å². The molecule has 0 saturated heterocycles. The van der Waals surface area contributed by atoms with Crippen LogP contribution in [0.5, 0.6) is 0 Å². The predicted molar refractivity (Wildman–Crippen MR) is 87.5 cm³/mol. The Morgan fingerprint density at radius 2 is 1.64 bits per heavy atom. The first-order valence-corrected chi connectivity index (χ1v) is 7.55. The van der Waals surface area contributed by atoms with Crippen molar-refractivity contribution in [3.05, 3.63) is 35.9 Å². The summed E-state index contributed by atoms with van der Waals surface area (Å²) in [6.07, 6.45) is -0.493. The number of nitrogens with two attached hydrogens (primary N) is 1. The van der Waals surface area contributed by atoms with Crippen LogP contribution < -0.4 is 16.4 Å². The molecule has 0 aliphatic carbocycles. The number of carbonyl (C=O) groups excluding carboxylic acids is 2. The molecule has 1 aromatic rings. The van der Waals surface area contributed by atoms with Crippen LogP contribution in [0.2, 0.25) is 0 Å². The highest BCUT2D eigenvalue weighted by Crippen LogP contribution is 2.04.